The molecule has 3 aromatic rings. The molecule has 0 atom stereocenters. The summed E-state index contributed by atoms with van der Waals surface area (Å²) in [6, 6.07) is 11.9. The molecule has 0 amide bonds. The van der Waals surface area contributed by atoms with Crippen LogP contribution in [0.15, 0.2) is 55.0 Å². The van der Waals surface area contributed by atoms with Gasteiger partial charge in [-0.3, -0.25) is 4.98 Å². The zero-order valence-corrected chi connectivity index (χ0v) is 13.2. The van der Waals surface area contributed by atoms with Gasteiger partial charge in [0.15, 0.2) is 0 Å². The van der Waals surface area contributed by atoms with Crippen LogP contribution in [0.3, 0.4) is 0 Å². The fourth-order valence-electron chi connectivity index (χ4n) is 2.22. The Morgan fingerprint density at radius 3 is 2.74 bits per heavy atom. The van der Waals surface area contributed by atoms with Gasteiger partial charge in [-0.25, -0.2) is 4.98 Å². The van der Waals surface area contributed by atoms with Crippen molar-refractivity contribution in [3.63, 3.8) is 0 Å². The molecule has 5 nitrogen and oxygen atoms in total. The minimum atomic E-state index is 0.579. The minimum absolute atomic E-state index is 0.579. The van der Waals surface area contributed by atoms with E-state index in [1.165, 1.54) is 11.1 Å². The van der Waals surface area contributed by atoms with E-state index in [1.807, 2.05) is 36.5 Å². The van der Waals surface area contributed by atoms with E-state index in [0.29, 0.717) is 12.5 Å². The number of pyridine rings is 1. The van der Waals surface area contributed by atoms with Gasteiger partial charge in [0, 0.05) is 30.8 Å². The van der Waals surface area contributed by atoms with E-state index in [2.05, 4.69) is 45.5 Å². The fourth-order valence-corrected chi connectivity index (χ4v) is 2.22. The van der Waals surface area contributed by atoms with Crippen molar-refractivity contribution in [2.45, 2.75) is 20.4 Å². The summed E-state index contributed by atoms with van der Waals surface area (Å²) in [5, 5.41) is 6.56. The third-order valence-electron chi connectivity index (χ3n) is 3.70. The highest BCUT2D eigenvalue weighted by Gasteiger charge is 2.04. The Kier molecular flexibility index (Phi) is 4.47. The van der Waals surface area contributed by atoms with Crippen LogP contribution in [0.5, 0.6) is 0 Å². The molecule has 0 unspecified atom stereocenters. The topological polar surface area (TPSA) is 62.7 Å². The molecule has 2 heterocycles. The van der Waals surface area contributed by atoms with Crippen LogP contribution >= 0.6 is 0 Å². The Balaban J connectivity index is 1.71. The predicted octanol–water partition coefficient (Wildman–Crippen LogP) is 3.84. The van der Waals surface area contributed by atoms with Crippen LogP contribution in [0.1, 0.15) is 16.7 Å². The third-order valence-corrected chi connectivity index (χ3v) is 3.70. The smallest absolute Gasteiger partial charge is 0.229 e. The van der Waals surface area contributed by atoms with Crippen LogP contribution < -0.4 is 10.6 Å². The van der Waals surface area contributed by atoms with Crippen LogP contribution in [-0.4, -0.2) is 15.0 Å². The molecule has 2 aromatic heterocycles. The Morgan fingerprint density at radius 1 is 1.00 bits per heavy atom. The third kappa shape index (κ3) is 3.83. The van der Waals surface area contributed by atoms with Crippen molar-refractivity contribution in [1.29, 1.82) is 0 Å². The summed E-state index contributed by atoms with van der Waals surface area (Å²) >= 11 is 0. The summed E-state index contributed by atoms with van der Waals surface area (Å²) < 4.78 is 0. The van der Waals surface area contributed by atoms with Gasteiger partial charge in [0.1, 0.15) is 5.82 Å². The summed E-state index contributed by atoms with van der Waals surface area (Å²) in [5.74, 6) is 1.35. The molecule has 0 aliphatic heterocycles. The van der Waals surface area contributed by atoms with Gasteiger partial charge in [-0.15, -0.1) is 0 Å². The van der Waals surface area contributed by atoms with Crippen LogP contribution in [-0.2, 0) is 6.54 Å². The summed E-state index contributed by atoms with van der Waals surface area (Å²) in [5.41, 5.74) is 4.57. The van der Waals surface area contributed by atoms with Crippen LogP contribution in [0.25, 0.3) is 0 Å². The van der Waals surface area contributed by atoms with Crippen LogP contribution in [0.2, 0.25) is 0 Å². The summed E-state index contributed by atoms with van der Waals surface area (Å²) in [4.78, 5) is 12.9. The molecule has 0 aliphatic carbocycles. The zero-order chi connectivity index (χ0) is 16.1. The van der Waals surface area contributed by atoms with E-state index in [9.17, 15) is 0 Å². The van der Waals surface area contributed by atoms with E-state index in [-0.39, 0.29) is 0 Å². The molecule has 0 radical (unpaired) electrons. The zero-order valence-electron chi connectivity index (χ0n) is 13.2. The molecule has 5 heteroatoms. The van der Waals surface area contributed by atoms with E-state index < -0.39 is 0 Å². The second-order valence-corrected chi connectivity index (χ2v) is 5.35. The number of rotatable bonds is 5. The average Bonchev–Trinajstić information content (AvgIpc) is 2.59. The van der Waals surface area contributed by atoms with Crippen LogP contribution in [0, 0.1) is 13.8 Å². The van der Waals surface area contributed by atoms with Gasteiger partial charge in [0.25, 0.3) is 0 Å². The molecule has 0 fully saturated rings. The number of hydrogen-bond acceptors (Lipinski definition) is 5. The highest BCUT2D eigenvalue weighted by Crippen LogP contribution is 2.21. The number of benzene rings is 1. The maximum atomic E-state index is 4.50. The van der Waals surface area contributed by atoms with Crippen molar-refractivity contribution in [1.82, 2.24) is 15.0 Å². The number of anilines is 3. The molecule has 0 spiro atoms. The monoisotopic (exact) mass is 305 g/mol. The largest absolute Gasteiger partial charge is 0.366 e. The Hall–Kier alpha value is -2.95. The minimum Gasteiger partial charge on any atom is -0.366 e. The van der Waals surface area contributed by atoms with Crippen molar-refractivity contribution >= 4 is 17.5 Å². The molecule has 116 valence electrons. The molecule has 0 saturated heterocycles. The normalized spacial score (nSPS) is 10.3. The van der Waals surface area contributed by atoms with Crippen molar-refractivity contribution in [2.24, 2.45) is 0 Å². The predicted molar refractivity (Wildman–Crippen MR) is 92.8 cm³/mol. The van der Waals surface area contributed by atoms with Gasteiger partial charge in [-0.2, -0.15) is 4.98 Å². The molecule has 0 aliphatic rings. The van der Waals surface area contributed by atoms with Gasteiger partial charge < -0.3 is 10.6 Å². The Morgan fingerprint density at radius 2 is 1.91 bits per heavy atom. The number of nitrogens with one attached hydrogen (secondary N) is 2. The second-order valence-electron chi connectivity index (χ2n) is 5.35. The summed E-state index contributed by atoms with van der Waals surface area (Å²) in [6.45, 7) is 4.85. The molecule has 3 rings (SSSR count). The molecular formula is C18H19N5. The van der Waals surface area contributed by atoms with Crippen molar-refractivity contribution in [3.8, 4) is 0 Å². The fraction of sp³-hybridized carbons (Fsp3) is 0.167. The van der Waals surface area contributed by atoms with E-state index in [4.69, 9.17) is 0 Å². The number of aryl methyl sites for hydroxylation is 1. The van der Waals surface area contributed by atoms with Crippen molar-refractivity contribution in [2.75, 3.05) is 10.6 Å². The first-order chi connectivity index (χ1) is 11.2. The second kappa shape index (κ2) is 6.87. The summed E-state index contributed by atoms with van der Waals surface area (Å²) in [6.07, 6.45) is 5.34. The van der Waals surface area contributed by atoms with Gasteiger partial charge in [0.05, 0.1) is 0 Å². The Bertz CT molecular complexity index is 786. The van der Waals surface area contributed by atoms with Crippen LogP contribution in [0.4, 0.5) is 17.5 Å². The quantitative estimate of drug-likeness (QED) is 0.750. The number of aromatic nitrogens is 3. The number of hydrogen-bond donors (Lipinski definition) is 2. The van der Waals surface area contributed by atoms with Gasteiger partial charge in [-0.1, -0.05) is 18.2 Å². The first kappa shape index (κ1) is 15.0. The maximum Gasteiger partial charge on any atom is 0.229 e. The highest BCUT2D eigenvalue weighted by molar-refractivity contribution is 5.60. The first-order valence-corrected chi connectivity index (χ1v) is 7.51. The molecule has 0 saturated carbocycles. The maximum absolute atomic E-state index is 4.50. The van der Waals surface area contributed by atoms with Crippen molar-refractivity contribution in [3.05, 3.63) is 71.7 Å². The molecular weight excluding hydrogens is 286 g/mol. The number of nitrogens with zero attached hydrogens (tertiary/aromatic N) is 3. The lowest BCUT2D eigenvalue weighted by Gasteiger charge is -2.11. The van der Waals surface area contributed by atoms with E-state index >= 15 is 0 Å². The SMILES string of the molecule is Cc1cccc(Nc2nccc(NCc3cccnc3)n2)c1C. The van der Waals surface area contributed by atoms with E-state index in [1.54, 1.807) is 12.4 Å². The van der Waals surface area contributed by atoms with Gasteiger partial charge in [0.2, 0.25) is 5.95 Å². The Labute approximate surface area is 135 Å². The van der Waals surface area contributed by atoms with E-state index in [0.717, 1.165) is 17.1 Å². The standard InChI is InChI=1S/C18H19N5/c1-13-5-3-7-16(14(13)2)22-18-20-10-8-17(23-18)21-12-15-6-4-9-19-11-15/h3-11H,12H2,1-2H3,(H2,20,21,22,23). The van der Waals surface area contributed by atoms with Crippen molar-refractivity contribution < 1.29 is 0 Å². The van der Waals surface area contributed by atoms with Gasteiger partial charge >= 0.3 is 0 Å². The highest BCUT2D eigenvalue weighted by atomic mass is 15.1. The first-order valence-electron chi connectivity index (χ1n) is 7.51. The average molecular weight is 305 g/mol. The molecule has 1 aromatic carbocycles. The molecule has 0 bridgehead atoms. The lowest BCUT2D eigenvalue weighted by molar-refractivity contribution is 1.07. The lowest BCUT2D eigenvalue weighted by Crippen LogP contribution is -2.05. The molecule has 23 heavy (non-hydrogen) atoms. The van der Waals surface area contributed by atoms with Gasteiger partial charge in [-0.05, 0) is 48.7 Å². The summed E-state index contributed by atoms with van der Waals surface area (Å²) in [7, 11) is 0. The lowest BCUT2D eigenvalue weighted by atomic mass is 10.1. The molecule has 2 N–H and O–H groups in total.